The summed E-state index contributed by atoms with van der Waals surface area (Å²) in [4.78, 5) is 17.8. The van der Waals surface area contributed by atoms with Crippen LogP contribution in [0.15, 0.2) is 12.3 Å². The lowest BCUT2D eigenvalue weighted by atomic mass is 10.1. The van der Waals surface area contributed by atoms with Gasteiger partial charge in [0.05, 0.1) is 11.2 Å². The molecule has 0 aromatic carbocycles. The van der Waals surface area contributed by atoms with Gasteiger partial charge in [-0.05, 0) is 33.3 Å². The van der Waals surface area contributed by atoms with Crippen LogP contribution in [0.1, 0.15) is 44.5 Å². The minimum atomic E-state index is -1.03. The van der Waals surface area contributed by atoms with Crippen molar-refractivity contribution >= 4 is 11.7 Å². The number of pyridine rings is 1. The highest BCUT2D eigenvalue weighted by molar-refractivity contribution is 5.95. The monoisotopic (exact) mass is 297 g/mol. The highest BCUT2D eigenvalue weighted by Gasteiger charge is 2.25. The van der Waals surface area contributed by atoms with Crippen LogP contribution in [0.5, 0.6) is 0 Å². The van der Waals surface area contributed by atoms with Gasteiger partial charge < -0.3 is 15.3 Å². The first kappa shape index (κ1) is 17.4. The van der Waals surface area contributed by atoms with E-state index in [-0.39, 0.29) is 17.9 Å². The molecular formula is C15H24FN3O2. The van der Waals surface area contributed by atoms with E-state index in [4.69, 9.17) is 0 Å². The van der Waals surface area contributed by atoms with Crippen molar-refractivity contribution in [2.24, 2.45) is 0 Å². The van der Waals surface area contributed by atoms with Crippen LogP contribution in [0.2, 0.25) is 0 Å². The number of carbonyl (C=O) groups excluding carboxylic acids is 1. The average Bonchev–Trinajstić information content (AvgIpc) is 2.42. The normalized spacial score (nSPS) is 11.3. The topological polar surface area (TPSA) is 65.5 Å². The summed E-state index contributed by atoms with van der Waals surface area (Å²) in [5.74, 6) is -1.01. The third kappa shape index (κ3) is 4.97. The van der Waals surface area contributed by atoms with Crippen LogP contribution in [0.4, 0.5) is 10.2 Å². The van der Waals surface area contributed by atoms with Crippen LogP contribution < -0.4 is 5.32 Å². The molecule has 0 saturated carbocycles. The number of amides is 1. The molecule has 0 aliphatic heterocycles. The molecule has 1 aromatic rings. The van der Waals surface area contributed by atoms with Crippen molar-refractivity contribution in [1.82, 2.24) is 9.88 Å². The second kappa shape index (κ2) is 7.36. The standard InChI is InChI=1S/C15H24FN3O2/c1-5-8-17-13-12(16)11(7-9-18-13)14(20)19(6-2)10-15(3,4)21/h7,9,21H,5-6,8,10H2,1-4H3,(H,17,18). The average molecular weight is 297 g/mol. The Balaban J connectivity index is 3.00. The van der Waals surface area contributed by atoms with Gasteiger partial charge in [-0.25, -0.2) is 9.37 Å². The Morgan fingerprint density at radius 3 is 2.67 bits per heavy atom. The number of nitrogens with zero attached hydrogens (tertiary/aromatic N) is 2. The van der Waals surface area contributed by atoms with E-state index in [1.165, 1.54) is 17.2 Å². The van der Waals surface area contributed by atoms with Gasteiger partial charge in [0.1, 0.15) is 0 Å². The van der Waals surface area contributed by atoms with E-state index in [1.54, 1.807) is 20.8 Å². The number of likely N-dealkylation sites (N-methyl/N-ethyl adjacent to an activating group) is 1. The number of carbonyl (C=O) groups is 1. The van der Waals surface area contributed by atoms with Crippen molar-refractivity contribution in [3.05, 3.63) is 23.6 Å². The van der Waals surface area contributed by atoms with E-state index in [0.29, 0.717) is 13.1 Å². The molecule has 1 heterocycles. The summed E-state index contributed by atoms with van der Waals surface area (Å²) in [7, 11) is 0. The molecule has 1 aromatic heterocycles. The lowest BCUT2D eigenvalue weighted by Gasteiger charge is -2.28. The van der Waals surface area contributed by atoms with Gasteiger partial charge in [-0.2, -0.15) is 0 Å². The first-order valence-electron chi connectivity index (χ1n) is 7.20. The van der Waals surface area contributed by atoms with Gasteiger partial charge in [-0.3, -0.25) is 4.79 Å². The summed E-state index contributed by atoms with van der Waals surface area (Å²) < 4.78 is 14.3. The molecule has 0 spiro atoms. The van der Waals surface area contributed by atoms with Gasteiger partial charge in [0.15, 0.2) is 11.6 Å². The molecule has 0 saturated heterocycles. The Morgan fingerprint density at radius 2 is 2.14 bits per heavy atom. The number of aliphatic hydroxyl groups is 1. The predicted molar refractivity (Wildman–Crippen MR) is 80.9 cm³/mol. The summed E-state index contributed by atoms with van der Waals surface area (Å²) >= 11 is 0. The molecule has 0 fully saturated rings. The van der Waals surface area contributed by atoms with Gasteiger partial charge in [-0.1, -0.05) is 6.92 Å². The summed E-state index contributed by atoms with van der Waals surface area (Å²) in [5, 5.41) is 12.7. The molecule has 0 bridgehead atoms. The number of aromatic nitrogens is 1. The maximum absolute atomic E-state index is 14.3. The third-order valence-electron chi connectivity index (χ3n) is 2.91. The molecule has 1 amide bonds. The third-order valence-corrected chi connectivity index (χ3v) is 2.91. The molecule has 2 N–H and O–H groups in total. The SMILES string of the molecule is CCCNc1nccc(C(=O)N(CC)CC(C)(C)O)c1F. The number of anilines is 1. The van der Waals surface area contributed by atoms with E-state index >= 15 is 0 Å². The molecule has 0 atom stereocenters. The zero-order valence-corrected chi connectivity index (χ0v) is 13.1. The van der Waals surface area contributed by atoms with Crippen LogP contribution in [-0.4, -0.2) is 46.1 Å². The Bertz CT molecular complexity index is 486. The van der Waals surface area contributed by atoms with E-state index in [9.17, 15) is 14.3 Å². The van der Waals surface area contributed by atoms with Crippen molar-refractivity contribution in [3.63, 3.8) is 0 Å². The van der Waals surface area contributed by atoms with Crippen LogP contribution in [0.25, 0.3) is 0 Å². The zero-order chi connectivity index (χ0) is 16.0. The van der Waals surface area contributed by atoms with Crippen molar-refractivity contribution in [2.45, 2.75) is 39.7 Å². The van der Waals surface area contributed by atoms with Gasteiger partial charge in [0.2, 0.25) is 0 Å². The van der Waals surface area contributed by atoms with Gasteiger partial charge in [0.25, 0.3) is 5.91 Å². The van der Waals surface area contributed by atoms with Crippen molar-refractivity contribution in [3.8, 4) is 0 Å². The van der Waals surface area contributed by atoms with Crippen LogP contribution in [0, 0.1) is 5.82 Å². The minimum Gasteiger partial charge on any atom is -0.389 e. The fourth-order valence-corrected chi connectivity index (χ4v) is 1.94. The van der Waals surface area contributed by atoms with Crippen LogP contribution >= 0.6 is 0 Å². The molecule has 21 heavy (non-hydrogen) atoms. The Kier molecular flexibility index (Phi) is 6.08. The van der Waals surface area contributed by atoms with Gasteiger partial charge >= 0.3 is 0 Å². The quantitative estimate of drug-likeness (QED) is 0.810. The number of halogens is 1. The van der Waals surface area contributed by atoms with Crippen molar-refractivity contribution in [2.75, 3.05) is 25.0 Å². The van der Waals surface area contributed by atoms with Crippen molar-refractivity contribution in [1.29, 1.82) is 0 Å². The second-order valence-corrected chi connectivity index (χ2v) is 5.58. The fraction of sp³-hybridized carbons (Fsp3) is 0.600. The van der Waals surface area contributed by atoms with Gasteiger partial charge in [0, 0.05) is 25.8 Å². The molecule has 1 rings (SSSR count). The lowest BCUT2D eigenvalue weighted by molar-refractivity contribution is 0.0312. The molecule has 118 valence electrons. The second-order valence-electron chi connectivity index (χ2n) is 5.58. The molecule has 0 aliphatic rings. The summed E-state index contributed by atoms with van der Waals surface area (Å²) in [6, 6.07) is 1.36. The molecule has 5 nitrogen and oxygen atoms in total. The maximum atomic E-state index is 14.3. The van der Waals surface area contributed by atoms with E-state index in [0.717, 1.165) is 6.42 Å². The Labute approximate surface area is 125 Å². The highest BCUT2D eigenvalue weighted by Crippen LogP contribution is 2.18. The van der Waals surface area contributed by atoms with Gasteiger partial charge in [-0.15, -0.1) is 0 Å². The smallest absolute Gasteiger partial charge is 0.257 e. The molecular weight excluding hydrogens is 273 g/mol. The first-order valence-corrected chi connectivity index (χ1v) is 7.20. The Morgan fingerprint density at radius 1 is 1.48 bits per heavy atom. The number of hydrogen-bond acceptors (Lipinski definition) is 4. The summed E-state index contributed by atoms with van der Waals surface area (Å²) in [5.41, 5.74) is -1.06. The summed E-state index contributed by atoms with van der Waals surface area (Å²) in [6.07, 6.45) is 2.24. The number of rotatable bonds is 7. The highest BCUT2D eigenvalue weighted by atomic mass is 19.1. The van der Waals surface area contributed by atoms with E-state index in [2.05, 4.69) is 10.3 Å². The number of hydrogen-bond donors (Lipinski definition) is 2. The predicted octanol–water partition coefficient (Wildman–Crippen LogP) is 2.28. The fourth-order valence-electron chi connectivity index (χ4n) is 1.94. The Hall–Kier alpha value is -1.69. The van der Waals surface area contributed by atoms with E-state index in [1.807, 2.05) is 6.92 Å². The first-order chi connectivity index (χ1) is 9.80. The minimum absolute atomic E-state index is 0.0327. The molecule has 6 heteroatoms. The molecule has 0 radical (unpaired) electrons. The zero-order valence-electron chi connectivity index (χ0n) is 13.1. The van der Waals surface area contributed by atoms with Crippen LogP contribution in [-0.2, 0) is 0 Å². The lowest BCUT2D eigenvalue weighted by Crippen LogP contribution is -2.42. The largest absolute Gasteiger partial charge is 0.389 e. The molecule has 0 unspecified atom stereocenters. The van der Waals surface area contributed by atoms with Crippen LogP contribution in [0.3, 0.4) is 0 Å². The summed E-state index contributed by atoms with van der Waals surface area (Å²) in [6.45, 7) is 8.09. The van der Waals surface area contributed by atoms with E-state index < -0.39 is 17.3 Å². The molecule has 0 aliphatic carbocycles. The maximum Gasteiger partial charge on any atom is 0.257 e. The number of nitrogens with one attached hydrogen (secondary N) is 1. The van der Waals surface area contributed by atoms with Crippen molar-refractivity contribution < 1.29 is 14.3 Å².